The Morgan fingerprint density at radius 2 is 2.06 bits per heavy atom. The molecule has 16 heavy (non-hydrogen) atoms. The number of nitrogen functional groups attached to an aromatic ring is 1. The third kappa shape index (κ3) is 2.77. The first-order chi connectivity index (χ1) is 7.65. The third-order valence-electron chi connectivity index (χ3n) is 2.92. The Morgan fingerprint density at radius 3 is 2.69 bits per heavy atom. The molecule has 4 nitrogen and oxygen atoms in total. The van der Waals surface area contributed by atoms with Gasteiger partial charge in [0.05, 0.1) is 16.8 Å². The number of aliphatic hydroxyl groups excluding tert-OH is 1. The van der Waals surface area contributed by atoms with E-state index in [9.17, 15) is 5.11 Å². The summed E-state index contributed by atoms with van der Waals surface area (Å²) in [5.41, 5.74) is 6.38. The van der Waals surface area contributed by atoms with Crippen molar-refractivity contribution in [2.24, 2.45) is 0 Å². The van der Waals surface area contributed by atoms with Gasteiger partial charge in [0.25, 0.3) is 0 Å². The van der Waals surface area contributed by atoms with Crippen molar-refractivity contribution in [1.29, 1.82) is 0 Å². The average molecular weight is 242 g/mol. The number of nitrogens with zero attached hydrogens (tertiary/aromatic N) is 1. The first-order valence-corrected chi connectivity index (χ1v) is 5.88. The van der Waals surface area contributed by atoms with Crippen LogP contribution in [-0.2, 0) is 0 Å². The molecule has 0 bridgehead atoms. The van der Waals surface area contributed by atoms with Gasteiger partial charge >= 0.3 is 0 Å². The second-order valence-corrected chi connectivity index (χ2v) is 4.68. The van der Waals surface area contributed by atoms with Gasteiger partial charge in [-0.05, 0) is 31.7 Å². The Kier molecular flexibility index (Phi) is 3.51. The molecule has 1 aliphatic carbocycles. The summed E-state index contributed by atoms with van der Waals surface area (Å²) in [7, 11) is 0. The van der Waals surface area contributed by atoms with Crippen molar-refractivity contribution in [1.82, 2.24) is 4.98 Å². The highest BCUT2D eigenvalue weighted by atomic mass is 35.5. The Labute approximate surface area is 99.8 Å². The van der Waals surface area contributed by atoms with E-state index in [2.05, 4.69) is 10.3 Å². The van der Waals surface area contributed by atoms with Crippen LogP contribution < -0.4 is 11.1 Å². The van der Waals surface area contributed by atoms with E-state index in [0.29, 0.717) is 22.6 Å². The molecule has 1 aromatic rings. The molecule has 4 N–H and O–H groups in total. The molecule has 1 saturated carbocycles. The maximum atomic E-state index is 9.40. The van der Waals surface area contributed by atoms with Gasteiger partial charge in [0.15, 0.2) is 0 Å². The number of hydrogen-bond acceptors (Lipinski definition) is 4. The van der Waals surface area contributed by atoms with Crippen LogP contribution in [0.2, 0.25) is 5.02 Å². The minimum absolute atomic E-state index is 0.145. The molecule has 1 aromatic heterocycles. The molecule has 0 aliphatic heterocycles. The second-order valence-electron chi connectivity index (χ2n) is 4.24. The standard InChI is InChI=1S/C11H16ClN3O/c12-7-5-10(13)11(14-6-7)15-8-1-3-9(16)4-2-8/h5-6,8-9,16H,1-4,13H2,(H,14,15). The fourth-order valence-corrected chi connectivity index (χ4v) is 2.16. The van der Waals surface area contributed by atoms with Crippen LogP contribution in [-0.4, -0.2) is 22.2 Å². The normalized spacial score (nSPS) is 25.4. The molecule has 0 saturated heterocycles. The van der Waals surface area contributed by atoms with Crippen molar-refractivity contribution in [3.8, 4) is 0 Å². The number of aliphatic hydroxyl groups is 1. The lowest BCUT2D eigenvalue weighted by molar-refractivity contribution is 0.126. The fourth-order valence-electron chi connectivity index (χ4n) is 1.99. The first-order valence-electron chi connectivity index (χ1n) is 5.51. The number of anilines is 2. The highest BCUT2D eigenvalue weighted by Gasteiger charge is 2.19. The lowest BCUT2D eigenvalue weighted by Gasteiger charge is -2.26. The van der Waals surface area contributed by atoms with Crippen LogP contribution in [0.1, 0.15) is 25.7 Å². The number of nitrogens with two attached hydrogens (primary N) is 1. The van der Waals surface area contributed by atoms with E-state index in [1.807, 2.05) is 0 Å². The first kappa shape index (κ1) is 11.5. The topological polar surface area (TPSA) is 71.2 Å². The van der Waals surface area contributed by atoms with E-state index in [-0.39, 0.29) is 6.10 Å². The van der Waals surface area contributed by atoms with Crippen LogP contribution >= 0.6 is 11.6 Å². The van der Waals surface area contributed by atoms with Crippen LogP contribution in [0.3, 0.4) is 0 Å². The molecule has 2 rings (SSSR count). The molecule has 0 radical (unpaired) electrons. The molecule has 0 amide bonds. The fraction of sp³-hybridized carbons (Fsp3) is 0.545. The predicted molar refractivity (Wildman–Crippen MR) is 65.5 cm³/mol. The van der Waals surface area contributed by atoms with Crippen molar-refractivity contribution in [3.05, 3.63) is 17.3 Å². The minimum Gasteiger partial charge on any atom is -0.396 e. The van der Waals surface area contributed by atoms with Crippen molar-refractivity contribution >= 4 is 23.1 Å². The summed E-state index contributed by atoms with van der Waals surface area (Å²) < 4.78 is 0. The van der Waals surface area contributed by atoms with Gasteiger partial charge in [-0.25, -0.2) is 4.98 Å². The zero-order valence-electron chi connectivity index (χ0n) is 8.99. The van der Waals surface area contributed by atoms with E-state index >= 15 is 0 Å². The number of aromatic nitrogens is 1. The van der Waals surface area contributed by atoms with Crippen LogP contribution in [0.4, 0.5) is 11.5 Å². The van der Waals surface area contributed by atoms with Crippen LogP contribution in [0.15, 0.2) is 12.3 Å². The van der Waals surface area contributed by atoms with E-state index < -0.39 is 0 Å². The summed E-state index contributed by atoms with van der Waals surface area (Å²) in [4.78, 5) is 4.16. The van der Waals surface area contributed by atoms with Crippen LogP contribution in [0, 0.1) is 0 Å². The van der Waals surface area contributed by atoms with Gasteiger partial charge in [0.2, 0.25) is 0 Å². The highest BCUT2D eigenvalue weighted by Crippen LogP contribution is 2.25. The highest BCUT2D eigenvalue weighted by molar-refractivity contribution is 6.30. The summed E-state index contributed by atoms with van der Waals surface area (Å²) >= 11 is 5.78. The number of halogens is 1. The SMILES string of the molecule is Nc1cc(Cl)cnc1NC1CCC(O)CC1. The van der Waals surface area contributed by atoms with Crippen LogP contribution in [0.5, 0.6) is 0 Å². The Balaban J connectivity index is 1.98. The smallest absolute Gasteiger partial charge is 0.149 e. The van der Waals surface area contributed by atoms with Crippen molar-refractivity contribution in [3.63, 3.8) is 0 Å². The largest absolute Gasteiger partial charge is 0.396 e. The molecule has 0 spiro atoms. The van der Waals surface area contributed by atoms with Gasteiger partial charge in [-0.2, -0.15) is 0 Å². The minimum atomic E-state index is -0.145. The predicted octanol–water partition coefficient (Wildman–Crippen LogP) is 2.03. The molecular formula is C11H16ClN3O. The number of rotatable bonds is 2. The summed E-state index contributed by atoms with van der Waals surface area (Å²) in [5, 5.41) is 13.2. The molecule has 5 heteroatoms. The molecule has 1 fully saturated rings. The molecule has 88 valence electrons. The van der Waals surface area contributed by atoms with Crippen molar-refractivity contribution in [2.45, 2.75) is 37.8 Å². The lowest BCUT2D eigenvalue weighted by atomic mass is 9.93. The molecule has 1 aliphatic rings. The van der Waals surface area contributed by atoms with Gasteiger partial charge < -0.3 is 16.2 Å². The summed E-state index contributed by atoms with van der Waals surface area (Å²) in [6.07, 6.45) is 5.01. The molecule has 0 unspecified atom stereocenters. The van der Waals surface area contributed by atoms with E-state index in [0.717, 1.165) is 25.7 Å². The molecular weight excluding hydrogens is 226 g/mol. The van der Waals surface area contributed by atoms with Gasteiger partial charge in [-0.3, -0.25) is 0 Å². The molecule has 0 atom stereocenters. The maximum Gasteiger partial charge on any atom is 0.149 e. The van der Waals surface area contributed by atoms with Crippen molar-refractivity contribution < 1.29 is 5.11 Å². The van der Waals surface area contributed by atoms with Gasteiger partial charge in [-0.1, -0.05) is 11.6 Å². The Bertz CT molecular complexity index is 364. The number of hydrogen-bond donors (Lipinski definition) is 3. The zero-order chi connectivity index (χ0) is 11.5. The third-order valence-corrected chi connectivity index (χ3v) is 3.13. The summed E-state index contributed by atoms with van der Waals surface area (Å²) in [6, 6.07) is 2.04. The van der Waals surface area contributed by atoms with Gasteiger partial charge in [-0.15, -0.1) is 0 Å². The summed E-state index contributed by atoms with van der Waals surface area (Å²) in [6.45, 7) is 0. The van der Waals surface area contributed by atoms with E-state index in [1.54, 1.807) is 12.3 Å². The number of nitrogens with one attached hydrogen (secondary N) is 1. The Morgan fingerprint density at radius 1 is 1.38 bits per heavy atom. The maximum absolute atomic E-state index is 9.40. The van der Waals surface area contributed by atoms with Gasteiger partial charge in [0, 0.05) is 12.2 Å². The van der Waals surface area contributed by atoms with Crippen LogP contribution in [0.25, 0.3) is 0 Å². The van der Waals surface area contributed by atoms with E-state index in [1.165, 1.54) is 0 Å². The molecule has 0 aromatic carbocycles. The van der Waals surface area contributed by atoms with E-state index in [4.69, 9.17) is 17.3 Å². The Hall–Kier alpha value is -1.00. The zero-order valence-corrected chi connectivity index (χ0v) is 9.74. The lowest BCUT2D eigenvalue weighted by Crippen LogP contribution is -2.28. The quantitative estimate of drug-likeness (QED) is 0.741. The summed E-state index contributed by atoms with van der Waals surface area (Å²) in [5.74, 6) is 0.686. The monoisotopic (exact) mass is 241 g/mol. The second kappa shape index (κ2) is 4.89. The molecule has 1 heterocycles. The van der Waals surface area contributed by atoms with Gasteiger partial charge in [0.1, 0.15) is 5.82 Å². The van der Waals surface area contributed by atoms with Crippen molar-refractivity contribution in [2.75, 3.05) is 11.1 Å². The average Bonchev–Trinajstić information content (AvgIpc) is 2.25. The number of pyridine rings is 1.